The molecule has 27 heavy (non-hydrogen) atoms. The van der Waals surface area contributed by atoms with Crippen LogP contribution in [0.2, 0.25) is 5.02 Å². The number of hydrogen-bond acceptors (Lipinski definition) is 5. The summed E-state index contributed by atoms with van der Waals surface area (Å²) in [4.78, 5) is 9.25. The fourth-order valence-corrected chi connectivity index (χ4v) is 4.34. The molecule has 2 saturated heterocycles. The number of piperidine rings is 1. The molecule has 5 heterocycles. The minimum atomic E-state index is 0.0406. The van der Waals surface area contributed by atoms with Crippen LogP contribution in [-0.2, 0) is 4.74 Å². The molecule has 6 nitrogen and oxygen atoms in total. The van der Waals surface area contributed by atoms with Gasteiger partial charge in [0, 0.05) is 6.20 Å². The summed E-state index contributed by atoms with van der Waals surface area (Å²) < 4.78 is 8.15. The second-order valence-electron chi connectivity index (χ2n) is 7.42. The zero-order chi connectivity index (χ0) is 18.3. The van der Waals surface area contributed by atoms with Gasteiger partial charge in [0.1, 0.15) is 11.5 Å². The van der Waals surface area contributed by atoms with Gasteiger partial charge in [-0.3, -0.25) is 4.40 Å². The van der Waals surface area contributed by atoms with Gasteiger partial charge in [-0.15, -0.1) is 0 Å². The summed E-state index contributed by atoms with van der Waals surface area (Å²) in [6.07, 6.45) is 6.90. The highest BCUT2D eigenvalue weighted by Crippen LogP contribution is 2.35. The Hall–Kier alpha value is -2.15. The number of fused-ring (bicyclic) bond motifs is 1. The molecule has 140 valence electrons. The van der Waals surface area contributed by atoms with Crippen LogP contribution < -0.4 is 10.6 Å². The quantitative estimate of drug-likeness (QED) is 0.726. The Morgan fingerprint density at radius 2 is 2.11 bits per heavy atom. The first-order valence-corrected chi connectivity index (χ1v) is 9.80. The van der Waals surface area contributed by atoms with E-state index in [1.54, 1.807) is 0 Å². The number of anilines is 1. The summed E-state index contributed by atoms with van der Waals surface area (Å²) in [6.45, 7) is 2.81. The standard InChI is InChI=1S/C20H22ClN5O/c21-14-4-5-19-23-11-17(26(19)12-14)16-2-1-3-18(25-16)24-15-10-20(27-13-15)6-8-22-9-7-20/h1-5,11-12,15,22H,6-10,13H2,(H,24,25). The molecule has 1 unspecified atom stereocenters. The Bertz CT molecular complexity index is 966. The molecule has 0 aliphatic carbocycles. The van der Waals surface area contributed by atoms with Gasteiger partial charge < -0.3 is 15.4 Å². The van der Waals surface area contributed by atoms with Crippen LogP contribution in [0.3, 0.4) is 0 Å². The van der Waals surface area contributed by atoms with Crippen LogP contribution in [0.25, 0.3) is 17.0 Å². The van der Waals surface area contributed by atoms with Gasteiger partial charge in [0.05, 0.1) is 40.9 Å². The van der Waals surface area contributed by atoms with E-state index in [9.17, 15) is 0 Å². The zero-order valence-electron chi connectivity index (χ0n) is 15.0. The molecular formula is C20H22ClN5O. The number of hydrogen-bond donors (Lipinski definition) is 2. The van der Waals surface area contributed by atoms with Gasteiger partial charge in [-0.2, -0.15) is 0 Å². The molecule has 1 spiro atoms. The number of aromatic nitrogens is 3. The first kappa shape index (κ1) is 17.0. The van der Waals surface area contributed by atoms with E-state index in [2.05, 4.69) is 15.6 Å². The first-order valence-electron chi connectivity index (χ1n) is 9.42. The lowest BCUT2D eigenvalue weighted by atomic mass is 9.88. The number of nitrogens with one attached hydrogen (secondary N) is 2. The van der Waals surface area contributed by atoms with Crippen molar-refractivity contribution in [3.8, 4) is 11.4 Å². The summed E-state index contributed by atoms with van der Waals surface area (Å²) in [5.41, 5.74) is 2.68. The van der Waals surface area contributed by atoms with E-state index in [0.29, 0.717) is 11.1 Å². The van der Waals surface area contributed by atoms with Crippen molar-refractivity contribution >= 4 is 23.1 Å². The van der Waals surface area contributed by atoms with Crippen molar-refractivity contribution < 1.29 is 4.74 Å². The van der Waals surface area contributed by atoms with Gasteiger partial charge in [0.25, 0.3) is 0 Å². The second kappa shape index (κ2) is 6.78. The fraction of sp³-hybridized carbons (Fsp3) is 0.400. The molecular weight excluding hydrogens is 362 g/mol. The number of rotatable bonds is 3. The molecule has 2 aliphatic rings. The van der Waals surface area contributed by atoms with Crippen LogP contribution in [0, 0.1) is 0 Å². The van der Waals surface area contributed by atoms with Crippen LogP contribution in [0.1, 0.15) is 19.3 Å². The van der Waals surface area contributed by atoms with Gasteiger partial charge in [0.15, 0.2) is 0 Å². The molecule has 0 amide bonds. The number of nitrogens with zero attached hydrogens (tertiary/aromatic N) is 3. The van der Waals surface area contributed by atoms with Crippen LogP contribution in [0.4, 0.5) is 5.82 Å². The monoisotopic (exact) mass is 383 g/mol. The fourth-order valence-electron chi connectivity index (χ4n) is 4.18. The Morgan fingerprint density at radius 1 is 1.22 bits per heavy atom. The molecule has 3 aromatic heterocycles. The maximum atomic E-state index is 6.18. The molecule has 2 N–H and O–H groups in total. The van der Waals surface area contributed by atoms with Gasteiger partial charge in [-0.25, -0.2) is 9.97 Å². The topological polar surface area (TPSA) is 63.5 Å². The summed E-state index contributed by atoms with van der Waals surface area (Å²) in [5.74, 6) is 0.865. The van der Waals surface area contributed by atoms with E-state index < -0.39 is 0 Å². The molecule has 0 saturated carbocycles. The SMILES string of the molecule is Clc1ccc2ncc(-c3cccc(NC4COC5(CCNCC5)C4)n3)n2c1. The molecule has 0 bridgehead atoms. The predicted molar refractivity (Wildman–Crippen MR) is 106 cm³/mol. The Morgan fingerprint density at radius 3 is 3.00 bits per heavy atom. The smallest absolute Gasteiger partial charge is 0.137 e. The number of halogens is 1. The third-order valence-electron chi connectivity index (χ3n) is 5.56. The van der Waals surface area contributed by atoms with Crippen molar-refractivity contribution in [2.45, 2.75) is 30.9 Å². The second-order valence-corrected chi connectivity index (χ2v) is 7.85. The van der Waals surface area contributed by atoms with Crippen molar-refractivity contribution in [1.82, 2.24) is 19.7 Å². The number of ether oxygens (including phenoxy) is 1. The predicted octanol–water partition coefficient (Wildman–Crippen LogP) is 3.37. The van der Waals surface area contributed by atoms with Gasteiger partial charge in [0.2, 0.25) is 0 Å². The number of pyridine rings is 2. The normalized spacial score (nSPS) is 21.7. The highest BCUT2D eigenvalue weighted by Gasteiger charge is 2.41. The van der Waals surface area contributed by atoms with Crippen molar-refractivity contribution in [2.75, 3.05) is 25.0 Å². The van der Waals surface area contributed by atoms with Gasteiger partial charge >= 0.3 is 0 Å². The van der Waals surface area contributed by atoms with E-state index in [4.69, 9.17) is 21.3 Å². The molecule has 0 radical (unpaired) electrons. The lowest BCUT2D eigenvalue weighted by Crippen LogP contribution is -2.41. The van der Waals surface area contributed by atoms with E-state index in [1.807, 2.05) is 47.1 Å². The van der Waals surface area contributed by atoms with Crippen LogP contribution in [0.5, 0.6) is 0 Å². The molecule has 5 rings (SSSR count). The lowest BCUT2D eigenvalue weighted by molar-refractivity contribution is -0.0192. The third-order valence-corrected chi connectivity index (χ3v) is 5.78. The van der Waals surface area contributed by atoms with Crippen LogP contribution in [0.15, 0.2) is 42.7 Å². The first-order chi connectivity index (χ1) is 13.2. The lowest BCUT2D eigenvalue weighted by Gasteiger charge is -2.32. The van der Waals surface area contributed by atoms with Gasteiger partial charge in [-0.1, -0.05) is 17.7 Å². The van der Waals surface area contributed by atoms with E-state index in [0.717, 1.165) is 61.8 Å². The van der Waals surface area contributed by atoms with E-state index in [1.165, 1.54) is 0 Å². The number of imidazole rings is 1. The highest BCUT2D eigenvalue weighted by atomic mass is 35.5. The van der Waals surface area contributed by atoms with Crippen molar-refractivity contribution in [3.05, 3.63) is 47.7 Å². The summed E-state index contributed by atoms with van der Waals surface area (Å²) in [5, 5.41) is 7.65. The molecule has 1 atom stereocenters. The van der Waals surface area contributed by atoms with Crippen LogP contribution in [-0.4, -0.2) is 45.7 Å². The van der Waals surface area contributed by atoms with E-state index in [-0.39, 0.29) is 5.60 Å². The Kier molecular flexibility index (Phi) is 4.27. The average Bonchev–Trinajstić information content (AvgIpc) is 3.27. The maximum absolute atomic E-state index is 6.18. The summed E-state index contributed by atoms with van der Waals surface area (Å²) in [7, 11) is 0. The van der Waals surface area contributed by atoms with Crippen molar-refractivity contribution in [3.63, 3.8) is 0 Å². The molecule has 2 fully saturated rings. The summed E-state index contributed by atoms with van der Waals surface area (Å²) in [6, 6.07) is 10.1. The maximum Gasteiger partial charge on any atom is 0.137 e. The van der Waals surface area contributed by atoms with Crippen molar-refractivity contribution in [1.29, 1.82) is 0 Å². The van der Waals surface area contributed by atoms with Gasteiger partial charge in [-0.05, 0) is 56.6 Å². The molecule has 7 heteroatoms. The highest BCUT2D eigenvalue weighted by molar-refractivity contribution is 6.30. The van der Waals surface area contributed by atoms with Crippen LogP contribution >= 0.6 is 11.6 Å². The molecule has 0 aromatic carbocycles. The molecule has 2 aliphatic heterocycles. The van der Waals surface area contributed by atoms with Crippen molar-refractivity contribution in [2.24, 2.45) is 0 Å². The van der Waals surface area contributed by atoms with E-state index >= 15 is 0 Å². The average molecular weight is 384 g/mol. The minimum absolute atomic E-state index is 0.0406. The molecule has 3 aromatic rings. The minimum Gasteiger partial charge on any atom is -0.373 e. The summed E-state index contributed by atoms with van der Waals surface area (Å²) >= 11 is 6.15. The third kappa shape index (κ3) is 3.29. The zero-order valence-corrected chi connectivity index (χ0v) is 15.7. The largest absolute Gasteiger partial charge is 0.373 e. The Balaban J connectivity index is 1.37. The Labute approximate surface area is 162 Å².